The lowest BCUT2D eigenvalue weighted by Crippen LogP contribution is -2.16. The second-order valence-corrected chi connectivity index (χ2v) is 4.41. The molecule has 0 amide bonds. The summed E-state index contributed by atoms with van der Waals surface area (Å²) in [4.78, 5) is 22.4. The highest BCUT2D eigenvalue weighted by molar-refractivity contribution is 9.09. The first kappa shape index (κ1) is 15.7. The molecule has 0 spiro atoms. The van der Waals surface area contributed by atoms with Crippen molar-refractivity contribution in [2.24, 2.45) is 0 Å². The molecule has 1 unspecified atom stereocenters. The fourth-order valence-corrected chi connectivity index (χ4v) is 1.92. The number of aliphatic carboxylic acids is 1. The predicted octanol–water partition coefficient (Wildman–Crippen LogP) is 1.71. The molecule has 1 aromatic rings. The van der Waals surface area contributed by atoms with Crippen molar-refractivity contribution in [1.82, 2.24) is 0 Å². The molecule has 0 aliphatic rings. The molecule has 5 nitrogen and oxygen atoms in total. The maximum atomic E-state index is 11.5. The van der Waals surface area contributed by atoms with E-state index in [1.165, 1.54) is 0 Å². The molecule has 0 saturated heterocycles. The zero-order valence-electron chi connectivity index (χ0n) is 10.4. The zero-order chi connectivity index (χ0) is 14.4. The van der Waals surface area contributed by atoms with Crippen molar-refractivity contribution in [2.75, 3.05) is 11.9 Å². The number of hydrogen-bond donors (Lipinski definition) is 2. The minimum absolute atomic E-state index is 0.0475. The summed E-state index contributed by atoms with van der Waals surface area (Å²) < 4.78 is 5.32. The summed E-state index contributed by atoms with van der Waals surface area (Å²) in [6.45, 7) is 2.10. The lowest BCUT2D eigenvalue weighted by molar-refractivity contribution is -0.147. The average Bonchev–Trinajstić information content (AvgIpc) is 2.38. The van der Waals surface area contributed by atoms with Gasteiger partial charge in [0.2, 0.25) is 0 Å². The molecule has 1 aromatic carbocycles. The van der Waals surface area contributed by atoms with Crippen LogP contribution in [-0.4, -0.2) is 33.9 Å². The highest BCUT2D eigenvalue weighted by Gasteiger charge is 2.24. The number of rotatable bonds is 7. The van der Waals surface area contributed by atoms with E-state index in [4.69, 9.17) is 9.84 Å². The number of halogens is 1. The van der Waals surface area contributed by atoms with Gasteiger partial charge in [-0.05, 0) is 18.6 Å². The highest BCUT2D eigenvalue weighted by Crippen LogP contribution is 2.30. The Hall–Kier alpha value is -1.40. The number of carbonyl (C=O) groups is 2. The Morgan fingerprint density at radius 2 is 2.11 bits per heavy atom. The van der Waals surface area contributed by atoms with E-state index in [0.29, 0.717) is 12.2 Å². The number of ether oxygens (including phenoxy) is 1. The van der Waals surface area contributed by atoms with Crippen LogP contribution in [0.4, 0.5) is 0 Å². The minimum Gasteiger partial charge on any atom is -0.493 e. The van der Waals surface area contributed by atoms with Gasteiger partial charge in [0, 0.05) is 12.0 Å². The second-order valence-electron chi connectivity index (χ2n) is 3.85. The summed E-state index contributed by atoms with van der Waals surface area (Å²) in [7, 11) is 0. The summed E-state index contributed by atoms with van der Waals surface area (Å²) in [5.74, 6) is -1.19. The van der Waals surface area contributed by atoms with Gasteiger partial charge in [-0.15, -0.1) is 0 Å². The van der Waals surface area contributed by atoms with Crippen LogP contribution in [0.3, 0.4) is 0 Å². The molecule has 1 atom stereocenters. The Bertz CT molecular complexity index is 472. The Balaban J connectivity index is 3.24. The number of aliphatic hydroxyl groups is 1. The van der Waals surface area contributed by atoms with Crippen molar-refractivity contribution in [1.29, 1.82) is 0 Å². The number of carboxylic acids is 1. The Morgan fingerprint density at radius 3 is 2.63 bits per heavy atom. The molecule has 0 fully saturated rings. The molecule has 0 aliphatic heterocycles. The van der Waals surface area contributed by atoms with Crippen LogP contribution in [0.15, 0.2) is 18.2 Å². The lowest BCUT2D eigenvalue weighted by Gasteiger charge is -2.16. The van der Waals surface area contributed by atoms with Crippen molar-refractivity contribution >= 4 is 27.7 Å². The molecule has 104 valence electrons. The second kappa shape index (κ2) is 7.25. The minimum atomic E-state index is -1.71. The average molecular weight is 331 g/mol. The quantitative estimate of drug-likeness (QED) is 0.743. The monoisotopic (exact) mass is 330 g/mol. The topological polar surface area (TPSA) is 83.8 Å². The normalized spacial score (nSPS) is 11.9. The fourth-order valence-electron chi connectivity index (χ4n) is 1.72. The first-order valence-corrected chi connectivity index (χ1v) is 6.86. The van der Waals surface area contributed by atoms with Crippen LogP contribution in [-0.2, 0) is 16.0 Å². The zero-order valence-corrected chi connectivity index (χ0v) is 12.0. The number of aliphatic hydroxyl groups excluding tert-OH is 1. The van der Waals surface area contributed by atoms with Crippen LogP contribution < -0.4 is 4.74 Å². The number of carbonyl (C=O) groups excluding carboxylic acids is 1. The van der Waals surface area contributed by atoms with E-state index in [1.807, 2.05) is 0 Å². The summed E-state index contributed by atoms with van der Waals surface area (Å²) in [6, 6.07) is 4.86. The number of ketones is 1. The molecule has 0 aromatic heterocycles. The van der Waals surface area contributed by atoms with Crippen LogP contribution in [0, 0.1) is 0 Å². The molecule has 6 heteroatoms. The number of carboxylic acid groups (broad SMARTS) is 1. The number of hydrogen-bond acceptors (Lipinski definition) is 4. The first-order valence-electron chi connectivity index (χ1n) is 5.74. The van der Waals surface area contributed by atoms with Crippen LogP contribution in [0.1, 0.15) is 24.2 Å². The van der Waals surface area contributed by atoms with Crippen LogP contribution in [0.2, 0.25) is 0 Å². The van der Waals surface area contributed by atoms with E-state index in [0.717, 1.165) is 0 Å². The van der Waals surface area contributed by atoms with Crippen LogP contribution >= 0.6 is 15.9 Å². The maximum absolute atomic E-state index is 11.5. The first-order chi connectivity index (χ1) is 9.01. The summed E-state index contributed by atoms with van der Waals surface area (Å²) >= 11 is 3.05. The third-order valence-corrected chi connectivity index (χ3v) is 3.13. The van der Waals surface area contributed by atoms with E-state index in [2.05, 4.69) is 15.9 Å². The Morgan fingerprint density at radius 1 is 1.42 bits per heavy atom. The van der Waals surface area contributed by atoms with E-state index in [1.54, 1.807) is 25.1 Å². The fraction of sp³-hybridized carbons (Fsp3) is 0.385. The third-order valence-electron chi connectivity index (χ3n) is 2.50. The molecule has 0 aliphatic carbocycles. The molecule has 0 saturated carbocycles. The summed E-state index contributed by atoms with van der Waals surface area (Å²) in [6.07, 6.45) is -1.66. The molecular weight excluding hydrogens is 316 g/mol. The van der Waals surface area contributed by atoms with Crippen molar-refractivity contribution < 1.29 is 24.5 Å². The van der Waals surface area contributed by atoms with Gasteiger partial charge >= 0.3 is 5.97 Å². The largest absolute Gasteiger partial charge is 0.493 e. The number of Topliss-reactive ketones (excluding diaryl/α,β-unsaturated/α-hetero) is 1. The van der Waals surface area contributed by atoms with Gasteiger partial charge in [-0.1, -0.05) is 28.1 Å². The van der Waals surface area contributed by atoms with Crippen molar-refractivity contribution in [3.8, 4) is 5.75 Å². The smallest absolute Gasteiger partial charge is 0.337 e. The van der Waals surface area contributed by atoms with Crippen molar-refractivity contribution in [3.63, 3.8) is 0 Å². The van der Waals surface area contributed by atoms with Gasteiger partial charge in [0.15, 0.2) is 6.10 Å². The van der Waals surface area contributed by atoms with Gasteiger partial charge in [0.05, 0.1) is 11.9 Å². The molecule has 2 N–H and O–H groups in total. The number of benzene rings is 1. The maximum Gasteiger partial charge on any atom is 0.337 e. The van der Waals surface area contributed by atoms with Gasteiger partial charge in [-0.2, -0.15) is 0 Å². The van der Waals surface area contributed by atoms with E-state index in [9.17, 15) is 14.7 Å². The Labute approximate surface area is 119 Å². The van der Waals surface area contributed by atoms with Gasteiger partial charge in [0.25, 0.3) is 0 Å². The third kappa shape index (κ3) is 4.04. The van der Waals surface area contributed by atoms with Crippen molar-refractivity contribution in [3.05, 3.63) is 29.3 Å². The SMILES string of the molecule is CCOc1cccc(CC(=O)CBr)c1C(O)C(=O)O. The van der Waals surface area contributed by atoms with E-state index < -0.39 is 12.1 Å². The molecule has 0 bridgehead atoms. The van der Waals surface area contributed by atoms with Crippen LogP contribution in [0.5, 0.6) is 5.75 Å². The highest BCUT2D eigenvalue weighted by atomic mass is 79.9. The molecule has 0 heterocycles. The van der Waals surface area contributed by atoms with E-state index in [-0.39, 0.29) is 28.8 Å². The van der Waals surface area contributed by atoms with Gasteiger partial charge in [-0.25, -0.2) is 4.79 Å². The van der Waals surface area contributed by atoms with Crippen molar-refractivity contribution in [2.45, 2.75) is 19.4 Å². The summed E-state index contributed by atoms with van der Waals surface area (Å²) in [5, 5.41) is 18.9. The van der Waals surface area contributed by atoms with Gasteiger partial charge in [0.1, 0.15) is 11.5 Å². The molecular formula is C13H15BrO5. The lowest BCUT2D eigenvalue weighted by atomic mass is 9.97. The van der Waals surface area contributed by atoms with Gasteiger partial charge in [-0.3, -0.25) is 4.79 Å². The summed E-state index contributed by atoms with van der Waals surface area (Å²) in [5.41, 5.74) is 0.608. The Kier molecular flexibility index (Phi) is 5.98. The number of alkyl halides is 1. The van der Waals surface area contributed by atoms with Gasteiger partial charge < -0.3 is 14.9 Å². The molecule has 0 radical (unpaired) electrons. The standard InChI is InChI=1S/C13H15BrO5/c1-2-19-10-5-3-4-8(6-9(15)7-14)11(10)12(16)13(17)18/h3-5,12,16H,2,6-7H2,1H3,(H,17,18). The van der Waals surface area contributed by atoms with E-state index >= 15 is 0 Å². The predicted molar refractivity (Wildman–Crippen MR) is 72.7 cm³/mol. The molecule has 1 rings (SSSR count). The van der Waals surface area contributed by atoms with Crippen LogP contribution in [0.25, 0.3) is 0 Å². The molecule has 19 heavy (non-hydrogen) atoms.